The minimum Gasteiger partial charge on any atom is -0.357 e. The van der Waals surface area contributed by atoms with Gasteiger partial charge in [-0.2, -0.15) is 0 Å². The first kappa shape index (κ1) is 11.6. The van der Waals surface area contributed by atoms with Crippen molar-refractivity contribution in [3.8, 4) is 0 Å². The molecule has 92 valence electrons. The molecule has 0 aliphatic rings. The highest BCUT2D eigenvalue weighted by Gasteiger charge is 2.05. The number of fused-ring (bicyclic) bond motifs is 1. The molecule has 3 aromatic rings. The number of anilines is 1. The van der Waals surface area contributed by atoms with Gasteiger partial charge in [-0.25, -0.2) is 9.37 Å². The van der Waals surface area contributed by atoms with E-state index in [4.69, 9.17) is 0 Å². The highest BCUT2D eigenvalue weighted by atomic mass is 32.1. The zero-order chi connectivity index (χ0) is 12.5. The van der Waals surface area contributed by atoms with Crippen LogP contribution in [-0.4, -0.2) is 4.98 Å². The number of halogens is 1. The summed E-state index contributed by atoms with van der Waals surface area (Å²) in [6.07, 6.45) is 0. The third-order valence-electron chi connectivity index (χ3n) is 2.72. The summed E-state index contributed by atoms with van der Waals surface area (Å²) < 4.78 is 13.9. The van der Waals surface area contributed by atoms with Crippen molar-refractivity contribution in [1.29, 1.82) is 0 Å². The number of hydrogen-bond donors (Lipinski definition) is 1. The standard InChI is InChI=1S/C13H11FN2S2/c1-8-4-5-17-12(8)7-15-13-16-10-3-2-9(14)6-11(10)18-13/h2-6H,7H2,1H3,(H,15,16). The van der Waals surface area contributed by atoms with E-state index >= 15 is 0 Å². The zero-order valence-electron chi connectivity index (χ0n) is 9.74. The lowest BCUT2D eigenvalue weighted by atomic mass is 10.3. The summed E-state index contributed by atoms with van der Waals surface area (Å²) in [4.78, 5) is 5.73. The van der Waals surface area contributed by atoms with Crippen molar-refractivity contribution in [3.63, 3.8) is 0 Å². The molecule has 1 aromatic carbocycles. The molecule has 0 amide bonds. The summed E-state index contributed by atoms with van der Waals surface area (Å²) >= 11 is 3.21. The summed E-state index contributed by atoms with van der Waals surface area (Å²) in [6, 6.07) is 6.78. The first-order valence-corrected chi connectivity index (χ1v) is 7.25. The number of aryl methyl sites for hydroxylation is 1. The molecule has 3 rings (SSSR count). The highest BCUT2D eigenvalue weighted by molar-refractivity contribution is 7.22. The van der Waals surface area contributed by atoms with E-state index in [0.29, 0.717) is 0 Å². The van der Waals surface area contributed by atoms with E-state index in [2.05, 4.69) is 28.7 Å². The molecular formula is C13H11FN2S2. The van der Waals surface area contributed by atoms with Crippen molar-refractivity contribution in [2.24, 2.45) is 0 Å². The Kier molecular flexibility index (Phi) is 3.01. The molecule has 2 heterocycles. The fraction of sp³-hybridized carbons (Fsp3) is 0.154. The fourth-order valence-corrected chi connectivity index (χ4v) is 3.45. The number of nitrogens with zero attached hydrogens (tertiary/aromatic N) is 1. The van der Waals surface area contributed by atoms with Crippen molar-refractivity contribution in [1.82, 2.24) is 4.98 Å². The maximum Gasteiger partial charge on any atom is 0.184 e. The van der Waals surface area contributed by atoms with Crippen LogP contribution in [0.3, 0.4) is 0 Å². The van der Waals surface area contributed by atoms with Crippen LogP contribution in [0.4, 0.5) is 9.52 Å². The van der Waals surface area contributed by atoms with E-state index in [0.717, 1.165) is 21.9 Å². The largest absolute Gasteiger partial charge is 0.357 e. The van der Waals surface area contributed by atoms with Crippen LogP contribution in [-0.2, 0) is 6.54 Å². The molecule has 0 unspecified atom stereocenters. The second kappa shape index (κ2) is 4.66. The summed E-state index contributed by atoms with van der Waals surface area (Å²) in [5, 5.41) is 6.21. The molecule has 2 aromatic heterocycles. The average Bonchev–Trinajstić information content (AvgIpc) is 2.92. The summed E-state index contributed by atoms with van der Waals surface area (Å²) in [6.45, 7) is 2.87. The number of hydrogen-bond acceptors (Lipinski definition) is 4. The quantitative estimate of drug-likeness (QED) is 0.767. The molecule has 0 aliphatic carbocycles. The first-order valence-electron chi connectivity index (χ1n) is 5.55. The Morgan fingerprint density at radius 3 is 3.00 bits per heavy atom. The predicted octanol–water partition coefficient (Wildman–Crippen LogP) is 4.42. The van der Waals surface area contributed by atoms with Crippen molar-refractivity contribution in [2.45, 2.75) is 13.5 Å². The van der Waals surface area contributed by atoms with Gasteiger partial charge in [0.15, 0.2) is 5.13 Å². The van der Waals surface area contributed by atoms with Crippen LogP contribution in [0.25, 0.3) is 10.2 Å². The Morgan fingerprint density at radius 1 is 1.33 bits per heavy atom. The molecule has 5 heteroatoms. The lowest BCUT2D eigenvalue weighted by molar-refractivity contribution is 0.630. The fourth-order valence-electron chi connectivity index (χ4n) is 1.72. The van der Waals surface area contributed by atoms with Gasteiger partial charge < -0.3 is 5.32 Å². The number of nitrogens with one attached hydrogen (secondary N) is 1. The van der Waals surface area contributed by atoms with Gasteiger partial charge in [-0.1, -0.05) is 11.3 Å². The Balaban J connectivity index is 1.81. The van der Waals surface area contributed by atoms with Gasteiger partial charge in [-0.15, -0.1) is 11.3 Å². The number of benzene rings is 1. The Morgan fingerprint density at radius 2 is 2.22 bits per heavy atom. The zero-order valence-corrected chi connectivity index (χ0v) is 11.4. The van der Waals surface area contributed by atoms with Crippen LogP contribution in [0.1, 0.15) is 10.4 Å². The first-order chi connectivity index (χ1) is 8.72. The van der Waals surface area contributed by atoms with Gasteiger partial charge in [0.2, 0.25) is 0 Å². The minimum absolute atomic E-state index is 0.216. The smallest absolute Gasteiger partial charge is 0.184 e. The molecule has 0 radical (unpaired) electrons. The number of thiophene rings is 1. The summed E-state index contributed by atoms with van der Waals surface area (Å²) in [7, 11) is 0. The molecule has 0 atom stereocenters. The van der Waals surface area contributed by atoms with E-state index in [1.807, 2.05) is 0 Å². The number of thiazole rings is 1. The lowest BCUT2D eigenvalue weighted by Crippen LogP contribution is -1.97. The molecule has 2 nitrogen and oxygen atoms in total. The van der Waals surface area contributed by atoms with Gasteiger partial charge in [0.05, 0.1) is 16.8 Å². The second-order valence-electron chi connectivity index (χ2n) is 4.01. The van der Waals surface area contributed by atoms with Gasteiger partial charge >= 0.3 is 0 Å². The third-order valence-corrected chi connectivity index (χ3v) is 4.72. The molecule has 0 fully saturated rings. The van der Waals surface area contributed by atoms with Crippen LogP contribution in [0.5, 0.6) is 0 Å². The molecular weight excluding hydrogens is 267 g/mol. The van der Waals surface area contributed by atoms with E-state index < -0.39 is 0 Å². The third kappa shape index (κ3) is 2.23. The number of aromatic nitrogens is 1. The van der Waals surface area contributed by atoms with E-state index in [-0.39, 0.29) is 5.82 Å². The summed E-state index contributed by atoms with van der Waals surface area (Å²) in [5.74, 6) is -0.216. The van der Waals surface area contributed by atoms with Crippen molar-refractivity contribution >= 4 is 38.0 Å². The normalized spacial score (nSPS) is 11.0. The van der Waals surface area contributed by atoms with Gasteiger partial charge in [0.25, 0.3) is 0 Å². The van der Waals surface area contributed by atoms with E-state index in [1.165, 1.54) is 33.9 Å². The van der Waals surface area contributed by atoms with Crippen molar-refractivity contribution in [3.05, 3.63) is 45.9 Å². The van der Waals surface area contributed by atoms with Crippen LogP contribution >= 0.6 is 22.7 Å². The lowest BCUT2D eigenvalue weighted by Gasteiger charge is -2.00. The molecule has 0 saturated carbocycles. The summed E-state index contributed by atoms with van der Waals surface area (Å²) in [5.41, 5.74) is 2.13. The molecule has 18 heavy (non-hydrogen) atoms. The maximum atomic E-state index is 13.1. The monoisotopic (exact) mass is 278 g/mol. The van der Waals surface area contributed by atoms with Gasteiger partial charge in [-0.05, 0) is 42.1 Å². The van der Waals surface area contributed by atoms with Crippen molar-refractivity contribution < 1.29 is 4.39 Å². The van der Waals surface area contributed by atoms with E-state index in [1.54, 1.807) is 17.4 Å². The van der Waals surface area contributed by atoms with Crippen molar-refractivity contribution in [2.75, 3.05) is 5.32 Å². The SMILES string of the molecule is Cc1ccsc1CNc1nc2ccc(F)cc2s1. The molecule has 1 N–H and O–H groups in total. The van der Waals surface area contributed by atoms with Crippen LogP contribution in [0.15, 0.2) is 29.6 Å². The van der Waals surface area contributed by atoms with Crippen LogP contribution in [0, 0.1) is 12.7 Å². The number of rotatable bonds is 3. The minimum atomic E-state index is -0.216. The Labute approximate surface area is 112 Å². The highest BCUT2D eigenvalue weighted by Crippen LogP contribution is 2.27. The van der Waals surface area contributed by atoms with E-state index in [9.17, 15) is 4.39 Å². The Bertz CT molecular complexity index is 687. The molecule has 0 spiro atoms. The molecule has 0 bridgehead atoms. The molecule has 0 saturated heterocycles. The average molecular weight is 278 g/mol. The maximum absolute atomic E-state index is 13.1. The van der Waals surface area contributed by atoms with Gasteiger partial charge in [0.1, 0.15) is 5.82 Å². The predicted molar refractivity (Wildman–Crippen MR) is 76.0 cm³/mol. The van der Waals surface area contributed by atoms with Gasteiger partial charge in [0, 0.05) is 4.88 Å². The Hall–Kier alpha value is -1.46. The van der Waals surface area contributed by atoms with Crippen LogP contribution in [0.2, 0.25) is 0 Å². The molecule has 0 aliphatic heterocycles. The topological polar surface area (TPSA) is 24.9 Å². The van der Waals surface area contributed by atoms with Crippen LogP contribution < -0.4 is 5.32 Å². The van der Waals surface area contributed by atoms with Gasteiger partial charge in [-0.3, -0.25) is 0 Å². The second-order valence-corrected chi connectivity index (χ2v) is 6.04.